The molecular weight excluding hydrogens is 318 g/mol. The molecule has 0 atom stereocenters. The van der Waals surface area contributed by atoms with Crippen molar-refractivity contribution in [3.63, 3.8) is 0 Å². The minimum absolute atomic E-state index is 0.227. The van der Waals surface area contributed by atoms with Crippen LogP contribution in [0.15, 0.2) is 76.0 Å². The number of nitrogens with one attached hydrogen (secondary N) is 1. The molecule has 0 aliphatic rings. The number of rotatable bonds is 6. The minimum atomic E-state index is -0.227. The van der Waals surface area contributed by atoms with Crippen molar-refractivity contribution < 1.29 is 9.21 Å². The number of anilines is 1. The third-order valence-corrected chi connectivity index (χ3v) is 4.66. The first-order valence-corrected chi connectivity index (χ1v) is 8.90. The smallest absolute Gasteiger partial charge is 0.291 e. The van der Waals surface area contributed by atoms with E-state index in [4.69, 9.17) is 4.42 Å². The molecule has 0 radical (unpaired) electrons. The van der Waals surface area contributed by atoms with Crippen LogP contribution in [0.3, 0.4) is 0 Å². The summed E-state index contributed by atoms with van der Waals surface area (Å²) in [6, 6.07) is 21.5. The fourth-order valence-electron chi connectivity index (χ4n) is 2.27. The molecule has 0 aliphatic carbocycles. The molecule has 1 amide bonds. The van der Waals surface area contributed by atoms with Gasteiger partial charge in [0.1, 0.15) is 5.76 Å². The van der Waals surface area contributed by atoms with Crippen LogP contribution in [0.2, 0.25) is 0 Å². The Hall–Kier alpha value is -2.46. The number of hydrogen-bond donors (Lipinski definition) is 1. The van der Waals surface area contributed by atoms with Crippen LogP contribution in [0, 0.1) is 0 Å². The van der Waals surface area contributed by atoms with Crippen LogP contribution in [-0.4, -0.2) is 5.91 Å². The Labute approximate surface area is 146 Å². The van der Waals surface area contributed by atoms with Crippen molar-refractivity contribution in [1.29, 1.82) is 0 Å². The minimum Gasteiger partial charge on any atom is -0.455 e. The topological polar surface area (TPSA) is 42.2 Å². The Bertz CT molecular complexity index is 794. The summed E-state index contributed by atoms with van der Waals surface area (Å²) in [7, 11) is 0. The molecule has 1 N–H and O–H groups in total. The molecule has 1 aromatic heterocycles. The number of aryl methyl sites for hydroxylation is 1. The second kappa shape index (κ2) is 7.88. The molecule has 0 bridgehead atoms. The van der Waals surface area contributed by atoms with Crippen LogP contribution >= 0.6 is 11.8 Å². The maximum Gasteiger partial charge on any atom is 0.291 e. The van der Waals surface area contributed by atoms with Crippen molar-refractivity contribution in [1.82, 2.24) is 0 Å². The Morgan fingerprint density at radius 3 is 2.46 bits per heavy atom. The molecule has 0 fully saturated rings. The monoisotopic (exact) mass is 337 g/mol. The Balaban J connectivity index is 1.58. The molecule has 3 aromatic rings. The number of carbonyl (C=O) groups is 1. The van der Waals surface area contributed by atoms with Gasteiger partial charge in [-0.05, 0) is 48.4 Å². The summed E-state index contributed by atoms with van der Waals surface area (Å²) in [6.07, 6.45) is 0.981. The zero-order chi connectivity index (χ0) is 16.8. The summed E-state index contributed by atoms with van der Waals surface area (Å²) in [5, 5.41) is 2.86. The SMILES string of the molecule is CCc1ccc(NC(=O)c2ccc(CSc3ccccc3)o2)cc1. The van der Waals surface area contributed by atoms with Gasteiger partial charge in [0.15, 0.2) is 5.76 Å². The average molecular weight is 337 g/mol. The second-order valence-electron chi connectivity index (χ2n) is 5.37. The highest BCUT2D eigenvalue weighted by Gasteiger charge is 2.11. The third kappa shape index (κ3) is 4.30. The van der Waals surface area contributed by atoms with E-state index < -0.39 is 0 Å². The molecule has 122 valence electrons. The molecule has 0 aliphatic heterocycles. The van der Waals surface area contributed by atoms with E-state index in [1.165, 1.54) is 10.5 Å². The molecule has 0 saturated carbocycles. The second-order valence-corrected chi connectivity index (χ2v) is 6.42. The zero-order valence-electron chi connectivity index (χ0n) is 13.5. The summed E-state index contributed by atoms with van der Waals surface area (Å²) in [5.41, 5.74) is 2.01. The fraction of sp³-hybridized carbons (Fsp3) is 0.150. The van der Waals surface area contributed by atoms with Crippen LogP contribution in [0.5, 0.6) is 0 Å². The van der Waals surface area contributed by atoms with Gasteiger partial charge in [0.05, 0.1) is 5.75 Å². The lowest BCUT2D eigenvalue weighted by atomic mass is 10.1. The van der Waals surface area contributed by atoms with E-state index in [1.54, 1.807) is 17.8 Å². The van der Waals surface area contributed by atoms with Crippen molar-refractivity contribution in [3.8, 4) is 0 Å². The summed E-state index contributed by atoms with van der Waals surface area (Å²) in [5.74, 6) is 1.59. The number of carbonyl (C=O) groups excluding carboxylic acids is 1. The number of benzene rings is 2. The van der Waals surface area contributed by atoms with E-state index in [9.17, 15) is 4.79 Å². The van der Waals surface area contributed by atoms with Crippen molar-refractivity contribution in [2.75, 3.05) is 5.32 Å². The molecule has 24 heavy (non-hydrogen) atoms. The molecular formula is C20H19NO2S. The standard InChI is InChI=1S/C20H19NO2S/c1-2-15-8-10-16(11-9-15)21-20(22)19-13-12-17(23-19)14-24-18-6-4-3-5-7-18/h3-13H,2,14H2,1H3,(H,21,22). The molecule has 3 rings (SSSR count). The lowest BCUT2D eigenvalue weighted by Gasteiger charge is -2.04. The molecule has 2 aromatic carbocycles. The van der Waals surface area contributed by atoms with Crippen LogP contribution in [0.4, 0.5) is 5.69 Å². The largest absolute Gasteiger partial charge is 0.455 e. The summed E-state index contributed by atoms with van der Waals surface area (Å²) in [6.45, 7) is 2.10. The molecule has 3 nitrogen and oxygen atoms in total. The average Bonchev–Trinajstić information content (AvgIpc) is 3.11. The Morgan fingerprint density at radius 2 is 1.75 bits per heavy atom. The first-order valence-electron chi connectivity index (χ1n) is 7.91. The van der Waals surface area contributed by atoms with Gasteiger partial charge >= 0.3 is 0 Å². The number of furan rings is 1. The highest BCUT2D eigenvalue weighted by molar-refractivity contribution is 7.98. The Morgan fingerprint density at radius 1 is 1.00 bits per heavy atom. The third-order valence-electron chi connectivity index (χ3n) is 3.63. The van der Waals surface area contributed by atoms with E-state index in [0.29, 0.717) is 11.5 Å². The van der Waals surface area contributed by atoms with E-state index in [-0.39, 0.29) is 5.91 Å². The number of amides is 1. The van der Waals surface area contributed by atoms with E-state index in [1.807, 2.05) is 48.5 Å². The van der Waals surface area contributed by atoms with Crippen LogP contribution in [0.1, 0.15) is 28.8 Å². The predicted octanol–water partition coefficient (Wildman–Crippen LogP) is 5.39. The maximum absolute atomic E-state index is 12.2. The van der Waals surface area contributed by atoms with Crippen LogP contribution in [-0.2, 0) is 12.2 Å². The first-order chi connectivity index (χ1) is 11.7. The van der Waals surface area contributed by atoms with Gasteiger partial charge < -0.3 is 9.73 Å². The van der Waals surface area contributed by atoms with Crippen molar-refractivity contribution >= 4 is 23.4 Å². The van der Waals surface area contributed by atoms with E-state index in [2.05, 4.69) is 24.4 Å². The van der Waals surface area contributed by atoms with Crippen LogP contribution < -0.4 is 5.32 Å². The van der Waals surface area contributed by atoms with Gasteiger partial charge in [-0.2, -0.15) is 0 Å². The van der Waals surface area contributed by atoms with Crippen molar-refractivity contribution in [2.24, 2.45) is 0 Å². The van der Waals surface area contributed by atoms with Gasteiger partial charge in [-0.15, -0.1) is 11.8 Å². The van der Waals surface area contributed by atoms with Gasteiger partial charge in [0.2, 0.25) is 0 Å². The molecule has 4 heteroatoms. The zero-order valence-corrected chi connectivity index (χ0v) is 14.3. The van der Waals surface area contributed by atoms with Gasteiger partial charge in [0.25, 0.3) is 5.91 Å². The van der Waals surface area contributed by atoms with E-state index in [0.717, 1.165) is 17.9 Å². The van der Waals surface area contributed by atoms with Crippen LogP contribution in [0.25, 0.3) is 0 Å². The maximum atomic E-state index is 12.2. The van der Waals surface area contributed by atoms with Gasteiger partial charge in [-0.1, -0.05) is 37.3 Å². The summed E-state index contributed by atoms with van der Waals surface area (Å²) >= 11 is 1.68. The summed E-state index contributed by atoms with van der Waals surface area (Å²) in [4.78, 5) is 13.4. The number of hydrogen-bond acceptors (Lipinski definition) is 3. The normalized spacial score (nSPS) is 10.5. The predicted molar refractivity (Wildman–Crippen MR) is 98.5 cm³/mol. The molecule has 0 unspecified atom stereocenters. The lowest BCUT2D eigenvalue weighted by Crippen LogP contribution is -2.10. The molecule has 0 spiro atoms. The quantitative estimate of drug-likeness (QED) is 0.613. The fourth-order valence-corrected chi connectivity index (χ4v) is 3.08. The number of thioether (sulfide) groups is 1. The summed E-state index contributed by atoms with van der Waals surface area (Å²) < 4.78 is 5.65. The molecule has 1 heterocycles. The van der Waals surface area contributed by atoms with Gasteiger partial charge in [0, 0.05) is 10.6 Å². The van der Waals surface area contributed by atoms with Gasteiger partial charge in [-0.25, -0.2) is 0 Å². The molecule has 0 saturated heterocycles. The van der Waals surface area contributed by atoms with E-state index >= 15 is 0 Å². The highest BCUT2D eigenvalue weighted by Crippen LogP contribution is 2.23. The first kappa shape index (κ1) is 16.4. The van der Waals surface area contributed by atoms with Gasteiger partial charge in [-0.3, -0.25) is 4.79 Å². The highest BCUT2D eigenvalue weighted by atomic mass is 32.2. The Kier molecular flexibility index (Phi) is 5.39. The van der Waals surface area contributed by atoms with Crippen molar-refractivity contribution in [2.45, 2.75) is 24.0 Å². The lowest BCUT2D eigenvalue weighted by molar-refractivity contribution is 0.0995. The van der Waals surface area contributed by atoms with Crippen molar-refractivity contribution in [3.05, 3.63) is 83.8 Å².